The number of hydrogen-bond acceptors (Lipinski definition) is 4. The Bertz CT molecular complexity index is 224. The molecule has 0 aliphatic rings. The van der Waals surface area contributed by atoms with E-state index in [0.717, 1.165) is 0 Å². The van der Waals surface area contributed by atoms with Crippen molar-refractivity contribution in [2.24, 2.45) is 5.73 Å². The van der Waals surface area contributed by atoms with Gasteiger partial charge in [0.2, 0.25) is 0 Å². The van der Waals surface area contributed by atoms with E-state index in [-0.39, 0.29) is 18.6 Å². The molecule has 3 N–H and O–H groups in total. The molecule has 0 aliphatic heterocycles. The van der Waals surface area contributed by atoms with Crippen molar-refractivity contribution in [2.75, 3.05) is 0 Å². The first-order valence-electron chi connectivity index (χ1n) is 3.78. The predicted molar refractivity (Wildman–Crippen MR) is 45.8 cm³/mol. The lowest BCUT2D eigenvalue weighted by Gasteiger charge is -2.05. The van der Waals surface area contributed by atoms with Gasteiger partial charge in [0.05, 0.1) is 5.76 Å². The van der Waals surface area contributed by atoms with Crippen molar-refractivity contribution in [3.8, 4) is 0 Å². The van der Waals surface area contributed by atoms with Crippen LogP contribution in [-0.2, 0) is 14.3 Å². The smallest absolute Gasteiger partial charge is 0.320 e. The van der Waals surface area contributed by atoms with E-state index in [1.54, 1.807) is 0 Å². The predicted octanol–water partition coefficient (Wildman–Crippen LogP) is 0.255. The first-order chi connectivity index (χ1) is 5.93. The summed E-state index contributed by atoms with van der Waals surface area (Å²) in [5.41, 5.74) is 5.17. The molecular formula is C8H13NO4. The van der Waals surface area contributed by atoms with Gasteiger partial charge in [0, 0.05) is 6.42 Å². The number of esters is 1. The first kappa shape index (κ1) is 11.6. The maximum Gasteiger partial charge on any atom is 0.320 e. The number of carboxylic acids is 1. The van der Waals surface area contributed by atoms with Crippen LogP contribution < -0.4 is 5.73 Å². The van der Waals surface area contributed by atoms with Gasteiger partial charge in [0.1, 0.15) is 6.04 Å². The molecule has 0 radical (unpaired) electrons. The fourth-order valence-corrected chi connectivity index (χ4v) is 0.642. The van der Waals surface area contributed by atoms with E-state index in [1.165, 1.54) is 6.92 Å². The van der Waals surface area contributed by atoms with Gasteiger partial charge in [0.15, 0.2) is 0 Å². The molecule has 0 saturated carbocycles. The molecule has 0 amide bonds. The molecule has 0 saturated heterocycles. The Morgan fingerprint density at radius 2 is 2.15 bits per heavy atom. The monoisotopic (exact) mass is 187 g/mol. The molecule has 5 nitrogen and oxygen atoms in total. The normalized spacial score (nSPS) is 11.8. The second kappa shape index (κ2) is 5.31. The van der Waals surface area contributed by atoms with Crippen molar-refractivity contribution in [1.82, 2.24) is 0 Å². The van der Waals surface area contributed by atoms with Gasteiger partial charge in [-0.2, -0.15) is 0 Å². The molecule has 0 bridgehead atoms. The van der Waals surface area contributed by atoms with Crippen LogP contribution in [0.3, 0.4) is 0 Å². The van der Waals surface area contributed by atoms with Gasteiger partial charge in [0.25, 0.3) is 0 Å². The topological polar surface area (TPSA) is 89.6 Å². The van der Waals surface area contributed by atoms with Crippen LogP contribution in [0.4, 0.5) is 0 Å². The molecule has 0 aliphatic carbocycles. The average molecular weight is 187 g/mol. The SMILES string of the molecule is C=C(C)OC(=O)CC[C@@H](N)C(=O)O. The van der Waals surface area contributed by atoms with Gasteiger partial charge in [-0.1, -0.05) is 6.58 Å². The molecule has 0 heterocycles. The maximum atomic E-state index is 10.8. The third-order valence-electron chi connectivity index (χ3n) is 1.26. The maximum absolute atomic E-state index is 10.8. The van der Waals surface area contributed by atoms with Gasteiger partial charge >= 0.3 is 11.9 Å². The molecule has 13 heavy (non-hydrogen) atoms. The molecule has 0 spiro atoms. The molecule has 0 aromatic rings. The van der Waals surface area contributed by atoms with Crippen LogP contribution >= 0.6 is 0 Å². The minimum absolute atomic E-state index is 0.0136. The molecule has 5 heteroatoms. The third kappa shape index (κ3) is 5.86. The summed E-state index contributed by atoms with van der Waals surface area (Å²) in [4.78, 5) is 21.1. The molecule has 0 aromatic carbocycles. The Balaban J connectivity index is 3.70. The Labute approximate surface area is 76.2 Å². The molecular weight excluding hydrogens is 174 g/mol. The van der Waals surface area contributed by atoms with Crippen molar-refractivity contribution in [1.29, 1.82) is 0 Å². The summed E-state index contributed by atoms with van der Waals surface area (Å²) in [6.45, 7) is 4.90. The standard InChI is InChI=1S/C8H13NO4/c1-5(2)13-7(10)4-3-6(9)8(11)12/h6H,1,3-4,9H2,2H3,(H,11,12)/t6-/m1/s1. The zero-order chi connectivity index (χ0) is 10.4. The minimum atomic E-state index is -1.12. The van der Waals surface area contributed by atoms with E-state index < -0.39 is 18.0 Å². The molecule has 74 valence electrons. The largest absolute Gasteiger partial charge is 0.480 e. The van der Waals surface area contributed by atoms with E-state index in [2.05, 4.69) is 11.3 Å². The summed E-state index contributed by atoms with van der Waals surface area (Å²) in [5.74, 6) is -1.35. The number of rotatable bonds is 5. The second-order valence-electron chi connectivity index (χ2n) is 2.66. The summed E-state index contributed by atoms with van der Waals surface area (Å²) < 4.78 is 4.60. The van der Waals surface area contributed by atoms with Gasteiger partial charge in [-0.15, -0.1) is 0 Å². The highest BCUT2D eigenvalue weighted by molar-refractivity contribution is 5.75. The van der Waals surface area contributed by atoms with Gasteiger partial charge in [-0.3, -0.25) is 9.59 Å². The summed E-state index contributed by atoms with van der Waals surface area (Å²) in [5, 5.41) is 8.38. The molecule has 0 rings (SSSR count). The number of hydrogen-bond donors (Lipinski definition) is 2. The Morgan fingerprint density at radius 1 is 1.62 bits per heavy atom. The summed E-state index contributed by atoms with van der Waals surface area (Å²) in [7, 11) is 0. The zero-order valence-electron chi connectivity index (χ0n) is 7.45. The van der Waals surface area contributed by atoms with Gasteiger partial charge < -0.3 is 15.6 Å². The quantitative estimate of drug-likeness (QED) is 0.475. The van der Waals surface area contributed by atoms with Crippen molar-refractivity contribution in [3.05, 3.63) is 12.3 Å². The number of aliphatic carboxylic acids is 1. The zero-order valence-corrected chi connectivity index (χ0v) is 7.45. The summed E-state index contributed by atoms with van der Waals surface area (Å²) in [6.07, 6.45) is 0.0573. The van der Waals surface area contributed by atoms with E-state index in [4.69, 9.17) is 10.8 Å². The van der Waals surface area contributed by atoms with E-state index in [1.807, 2.05) is 0 Å². The molecule has 0 fully saturated rings. The minimum Gasteiger partial charge on any atom is -0.480 e. The van der Waals surface area contributed by atoms with Crippen LogP contribution in [0.5, 0.6) is 0 Å². The van der Waals surface area contributed by atoms with E-state index in [0.29, 0.717) is 0 Å². The van der Waals surface area contributed by atoms with Crippen molar-refractivity contribution >= 4 is 11.9 Å². The van der Waals surface area contributed by atoms with Gasteiger partial charge in [-0.05, 0) is 13.3 Å². The highest BCUT2D eigenvalue weighted by atomic mass is 16.5. The highest BCUT2D eigenvalue weighted by Gasteiger charge is 2.13. The lowest BCUT2D eigenvalue weighted by atomic mass is 10.2. The van der Waals surface area contributed by atoms with Crippen LogP contribution in [0, 0.1) is 0 Å². The lowest BCUT2D eigenvalue weighted by Crippen LogP contribution is -2.30. The first-order valence-corrected chi connectivity index (χ1v) is 3.78. The lowest BCUT2D eigenvalue weighted by molar-refractivity contribution is -0.141. The van der Waals surface area contributed by atoms with Crippen molar-refractivity contribution in [2.45, 2.75) is 25.8 Å². The summed E-state index contributed by atoms with van der Waals surface area (Å²) >= 11 is 0. The number of ether oxygens (including phenoxy) is 1. The van der Waals surface area contributed by atoms with Crippen LogP contribution in [0.2, 0.25) is 0 Å². The Hall–Kier alpha value is -1.36. The second-order valence-corrected chi connectivity index (χ2v) is 2.66. The van der Waals surface area contributed by atoms with Gasteiger partial charge in [-0.25, -0.2) is 0 Å². The number of carbonyl (C=O) groups excluding carboxylic acids is 1. The fourth-order valence-electron chi connectivity index (χ4n) is 0.642. The van der Waals surface area contributed by atoms with Crippen LogP contribution in [0.15, 0.2) is 12.3 Å². The highest BCUT2D eigenvalue weighted by Crippen LogP contribution is 2.00. The van der Waals surface area contributed by atoms with Crippen molar-refractivity contribution < 1.29 is 19.4 Å². The number of carbonyl (C=O) groups is 2. The molecule has 1 atom stereocenters. The molecule has 0 unspecified atom stereocenters. The molecule has 0 aromatic heterocycles. The number of nitrogens with two attached hydrogens (primary N) is 1. The van der Waals surface area contributed by atoms with Crippen molar-refractivity contribution in [3.63, 3.8) is 0 Å². The van der Waals surface area contributed by atoms with E-state index in [9.17, 15) is 9.59 Å². The Morgan fingerprint density at radius 3 is 2.54 bits per heavy atom. The fraction of sp³-hybridized carbons (Fsp3) is 0.500. The van der Waals surface area contributed by atoms with Crippen LogP contribution in [0.25, 0.3) is 0 Å². The third-order valence-corrected chi connectivity index (χ3v) is 1.26. The summed E-state index contributed by atoms with van der Waals surface area (Å²) in [6, 6.07) is -1.02. The van der Waals surface area contributed by atoms with Crippen LogP contribution in [0.1, 0.15) is 19.8 Å². The van der Waals surface area contributed by atoms with E-state index >= 15 is 0 Å². The number of carboxylic acid groups (broad SMARTS) is 1. The average Bonchev–Trinajstić information content (AvgIpc) is 1.98. The van der Waals surface area contributed by atoms with Crippen LogP contribution in [-0.4, -0.2) is 23.1 Å². The number of allylic oxidation sites excluding steroid dienone is 1. The Kier molecular flexibility index (Phi) is 4.76.